The number of hydrogen-bond donors (Lipinski definition) is 1. The minimum Gasteiger partial charge on any atom is -0.316 e. The molecule has 1 saturated carbocycles. The predicted molar refractivity (Wildman–Crippen MR) is 81.4 cm³/mol. The fourth-order valence-corrected chi connectivity index (χ4v) is 4.60. The van der Waals surface area contributed by atoms with Crippen LogP contribution in [0.2, 0.25) is 0 Å². The lowest BCUT2D eigenvalue weighted by Gasteiger charge is -2.24. The van der Waals surface area contributed by atoms with E-state index in [4.69, 9.17) is 0 Å². The normalized spacial score (nSPS) is 31.2. The molecule has 2 aliphatic carbocycles. The van der Waals surface area contributed by atoms with Gasteiger partial charge in [-0.1, -0.05) is 44.5 Å². The molecule has 1 aromatic rings. The molecule has 3 rings (SSSR count). The van der Waals surface area contributed by atoms with Crippen molar-refractivity contribution in [3.8, 4) is 0 Å². The van der Waals surface area contributed by atoms with Crippen LogP contribution in [0.1, 0.15) is 50.2 Å². The van der Waals surface area contributed by atoms with Crippen molar-refractivity contribution in [3.63, 3.8) is 0 Å². The van der Waals surface area contributed by atoms with Gasteiger partial charge in [0.05, 0.1) is 0 Å². The molecule has 0 amide bonds. The van der Waals surface area contributed by atoms with E-state index in [0.29, 0.717) is 6.04 Å². The van der Waals surface area contributed by atoms with Gasteiger partial charge in [-0.05, 0) is 61.1 Å². The van der Waals surface area contributed by atoms with Gasteiger partial charge in [0.1, 0.15) is 0 Å². The first kappa shape index (κ1) is 13.2. The SMILES string of the molecule is CCCC(C)C(NC)C1C2CCc3ccccc3C21. The summed E-state index contributed by atoms with van der Waals surface area (Å²) in [6, 6.07) is 9.85. The average Bonchev–Trinajstić information content (AvgIpc) is 3.15. The molecule has 0 aliphatic heterocycles. The Morgan fingerprint density at radius 1 is 1.32 bits per heavy atom. The second kappa shape index (κ2) is 5.28. The van der Waals surface area contributed by atoms with Crippen LogP contribution in [0.3, 0.4) is 0 Å². The van der Waals surface area contributed by atoms with Gasteiger partial charge in [-0.3, -0.25) is 0 Å². The molecule has 1 N–H and O–H groups in total. The Balaban J connectivity index is 1.79. The number of hydrogen-bond acceptors (Lipinski definition) is 1. The Labute approximate surface area is 117 Å². The van der Waals surface area contributed by atoms with Crippen LogP contribution in [-0.4, -0.2) is 13.1 Å². The van der Waals surface area contributed by atoms with Crippen LogP contribution in [0, 0.1) is 17.8 Å². The van der Waals surface area contributed by atoms with Crippen molar-refractivity contribution in [2.75, 3.05) is 7.05 Å². The molecule has 0 spiro atoms. The predicted octanol–water partition coefficient (Wildman–Crippen LogP) is 3.99. The zero-order valence-electron chi connectivity index (χ0n) is 12.5. The van der Waals surface area contributed by atoms with Crippen LogP contribution >= 0.6 is 0 Å². The second-order valence-electron chi connectivity index (χ2n) is 6.58. The molecular formula is C18H27N. The number of benzene rings is 1. The van der Waals surface area contributed by atoms with Crippen molar-refractivity contribution in [1.29, 1.82) is 0 Å². The lowest BCUT2D eigenvalue weighted by atomic mass is 9.90. The molecule has 1 heteroatoms. The Bertz CT molecular complexity index is 439. The van der Waals surface area contributed by atoms with Gasteiger partial charge in [0.2, 0.25) is 0 Å². The quantitative estimate of drug-likeness (QED) is 0.841. The van der Waals surface area contributed by atoms with Crippen LogP contribution < -0.4 is 5.32 Å². The summed E-state index contributed by atoms with van der Waals surface area (Å²) in [7, 11) is 2.16. The van der Waals surface area contributed by atoms with Crippen molar-refractivity contribution in [2.45, 2.75) is 51.5 Å². The molecule has 1 nitrogen and oxygen atoms in total. The van der Waals surface area contributed by atoms with E-state index in [0.717, 1.165) is 23.7 Å². The molecule has 0 radical (unpaired) electrons. The minimum absolute atomic E-state index is 0.709. The fraction of sp³-hybridized carbons (Fsp3) is 0.667. The van der Waals surface area contributed by atoms with E-state index in [9.17, 15) is 0 Å². The van der Waals surface area contributed by atoms with Crippen molar-refractivity contribution in [3.05, 3.63) is 35.4 Å². The molecule has 0 bridgehead atoms. The van der Waals surface area contributed by atoms with Crippen LogP contribution in [0.4, 0.5) is 0 Å². The van der Waals surface area contributed by atoms with Gasteiger partial charge in [0, 0.05) is 6.04 Å². The van der Waals surface area contributed by atoms with Crippen LogP contribution in [0.25, 0.3) is 0 Å². The summed E-state index contributed by atoms with van der Waals surface area (Å²) in [5, 5.41) is 3.64. The Hall–Kier alpha value is -0.820. The van der Waals surface area contributed by atoms with E-state index >= 15 is 0 Å². The number of nitrogens with one attached hydrogen (secondary N) is 1. The third-order valence-electron chi connectivity index (χ3n) is 5.50. The maximum absolute atomic E-state index is 3.64. The fourth-order valence-electron chi connectivity index (χ4n) is 4.60. The lowest BCUT2D eigenvalue weighted by Crippen LogP contribution is -2.35. The Kier molecular flexibility index (Phi) is 3.66. The van der Waals surface area contributed by atoms with Gasteiger partial charge < -0.3 is 5.32 Å². The van der Waals surface area contributed by atoms with E-state index in [1.807, 2.05) is 0 Å². The summed E-state index contributed by atoms with van der Waals surface area (Å²) < 4.78 is 0. The van der Waals surface area contributed by atoms with E-state index in [-0.39, 0.29) is 0 Å². The third-order valence-corrected chi connectivity index (χ3v) is 5.50. The van der Waals surface area contributed by atoms with Crippen LogP contribution in [0.5, 0.6) is 0 Å². The summed E-state index contributed by atoms with van der Waals surface area (Å²) in [4.78, 5) is 0. The van der Waals surface area contributed by atoms with Crippen molar-refractivity contribution in [2.24, 2.45) is 17.8 Å². The van der Waals surface area contributed by atoms with Crippen molar-refractivity contribution < 1.29 is 0 Å². The van der Waals surface area contributed by atoms with Gasteiger partial charge in [0.15, 0.2) is 0 Å². The molecule has 19 heavy (non-hydrogen) atoms. The summed E-state index contributed by atoms with van der Waals surface area (Å²) in [6.45, 7) is 4.74. The summed E-state index contributed by atoms with van der Waals surface area (Å²) in [5.41, 5.74) is 3.27. The lowest BCUT2D eigenvalue weighted by molar-refractivity contribution is 0.325. The minimum atomic E-state index is 0.709. The number of rotatable bonds is 5. The van der Waals surface area contributed by atoms with Gasteiger partial charge in [-0.2, -0.15) is 0 Å². The van der Waals surface area contributed by atoms with Crippen molar-refractivity contribution in [1.82, 2.24) is 5.32 Å². The van der Waals surface area contributed by atoms with E-state index in [1.54, 1.807) is 11.1 Å². The molecule has 2 aliphatic rings. The molecule has 1 fully saturated rings. The van der Waals surface area contributed by atoms with Gasteiger partial charge in [-0.25, -0.2) is 0 Å². The summed E-state index contributed by atoms with van der Waals surface area (Å²) in [6.07, 6.45) is 5.36. The molecule has 1 aromatic carbocycles. The molecule has 104 valence electrons. The highest BCUT2D eigenvalue weighted by Crippen LogP contribution is 2.62. The molecule has 5 unspecified atom stereocenters. The maximum atomic E-state index is 3.64. The molecule has 0 aromatic heterocycles. The molecule has 0 heterocycles. The largest absolute Gasteiger partial charge is 0.316 e. The second-order valence-corrected chi connectivity index (χ2v) is 6.58. The summed E-state index contributed by atoms with van der Waals surface area (Å²) >= 11 is 0. The maximum Gasteiger partial charge on any atom is 0.0127 e. The highest BCUT2D eigenvalue weighted by Gasteiger charge is 2.56. The zero-order chi connectivity index (χ0) is 13.4. The smallest absolute Gasteiger partial charge is 0.0127 e. The van der Waals surface area contributed by atoms with Crippen LogP contribution in [0.15, 0.2) is 24.3 Å². The van der Waals surface area contributed by atoms with E-state index in [2.05, 4.69) is 50.5 Å². The first-order valence-corrected chi connectivity index (χ1v) is 8.03. The zero-order valence-corrected chi connectivity index (χ0v) is 12.5. The Morgan fingerprint density at radius 2 is 2.11 bits per heavy atom. The monoisotopic (exact) mass is 257 g/mol. The first-order chi connectivity index (χ1) is 9.27. The number of fused-ring (bicyclic) bond motifs is 3. The number of aryl methyl sites for hydroxylation is 1. The van der Waals surface area contributed by atoms with Crippen molar-refractivity contribution >= 4 is 0 Å². The van der Waals surface area contributed by atoms with Gasteiger partial charge >= 0.3 is 0 Å². The third kappa shape index (κ3) is 2.23. The Morgan fingerprint density at radius 3 is 2.84 bits per heavy atom. The molecule has 0 saturated heterocycles. The topological polar surface area (TPSA) is 12.0 Å². The van der Waals surface area contributed by atoms with Gasteiger partial charge in [-0.15, -0.1) is 0 Å². The highest BCUT2D eigenvalue weighted by atomic mass is 14.9. The van der Waals surface area contributed by atoms with Gasteiger partial charge in [0.25, 0.3) is 0 Å². The molecular weight excluding hydrogens is 230 g/mol. The first-order valence-electron chi connectivity index (χ1n) is 8.03. The standard InChI is InChI=1S/C18H27N/c1-4-7-12(2)18(19-3)17-15-11-10-13-8-5-6-9-14(13)16(15)17/h5-6,8-9,12,15-19H,4,7,10-11H2,1-3H3. The summed E-state index contributed by atoms with van der Waals surface area (Å²) in [5.74, 6) is 3.49. The van der Waals surface area contributed by atoms with E-state index in [1.165, 1.54) is 25.7 Å². The molecule has 5 atom stereocenters. The van der Waals surface area contributed by atoms with Crippen LogP contribution in [-0.2, 0) is 6.42 Å². The highest BCUT2D eigenvalue weighted by molar-refractivity contribution is 5.40. The average molecular weight is 257 g/mol. The van der Waals surface area contributed by atoms with E-state index < -0.39 is 0 Å².